The van der Waals surface area contributed by atoms with Crippen LogP contribution in [-0.2, 0) is 22.6 Å². The molecule has 0 saturated carbocycles. The lowest BCUT2D eigenvalue weighted by atomic mass is 10.1. The first-order valence-corrected chi connectivity index (χ1v) is 11.7. The van der Waals surface area contributed by atoms with E-state index >= 15 is 0 Å². The Balaban J connectivity index is 1.16. The molecule has 0 unspecified atom stereocenters. The second kappa shape index (κ2) is 10.7. The van der Waals surface area contributed by atoms with Crippen LogP contribution in [0.25, 0.3) is 0 Å². The maximum Gasteiger partial charge on any atom is 0.236 e. The maximum absolute atomic E-state index is 12.8. The van der Waals surface area contributed by atoms with Gasteiger partial charge in [-0.3, -0.25) is 19.4 Å². The van der Waals surface area contributed by atoms with E-state index in [0.29, 0.717) is 26.1 Å². The molecular weight excluding hydrogens is 400 g/mol. The molecule has 32 heavy (non-hydrogen) atoms. The molecule has 2 aromatic rings. The molecule has 0 spiro atoms. The molecule has 6 heteroatoms. The van der Waals surface area contributed by atoms with Crippen LogP contribution < -0.4 is 0 Å². The highest BCUT2D eigenvalue weighted by Gasteiger charge is 2.26. The van der Waals surface area contributed by atoms with Crippen LogP contribution in [0.5, 0.6) is 0 Å². The van der Waals surface area contributed by atoms with Crippen molar-refractivity contribution < 1.29 is 9.59 Å². The molecule has 2 fully saturated rings. The maximum atomic E-state index is 12.8. The lowest BCUT2D eigenvalue weighted by molar-refractivity contribution is -0.136. The Morgan fingerprint density at radius 3 is 1.84 bits per heavy atom. The van der Waals surface area contributed by atoms with E-state index in [4.69, 9.17) is 0 Å². The summed E-state index contributed by atoms with van der Waals surface area (Å²) in [5.41, 5.74) is 3.59. The second-order valence-electron chi connectivity index (χ2n) is 8.96. The largest absolute Gasteiger partial charge is 0.340 e. The van der Waals surface area contributed by atoms with E-state index < -0.39 is 0 Å². The third-order valence-corrected chi connectivity index (χ3v) is 6.53. The van der Waals surface area contributed by atoms with Gasteiger partial charge in [0.25, 0.3) is 0 Å². The Hall–Kier alpha value is -2.70. The van der Waals surface area contributed by atoms with Gasteiger partial charge in [-0.2, -0.15) is 0 Å². The summed E-state index contributed by atoms with van der Waals surface area (Å²) in [7, 11) is 0. The molecule has 0 aromatic heterocycles. The van der Waals surface area contributed by atoms with Gasteiger partial charge >= 0.3 is 0 Å². The van der Waals surface area contributed by atoms with Gasteiger partial charge < -0.3 is 9.80 Å². The minimum atomic E-state index is 0.175. The molecule has 6 nitrogen and oxygen atoms in total. The topological polar surface area (TPSA) is 47.1 Å². The summed E-state index contributed by atoms with van der Waals surface area (Å²) in [5.74, 6) is 0.387. The fraction of sp³-hybridized carbons (Fsp3) is 0.462. The van der Waals surface area contributed by atoms with Crippen molar-refractivity contribution in [1.82, 2.24) is 19.6 Å². The molecule has 0 N–H and O–H groups in total. The lowest BCUT2D eigenvalue weighted by Gasteiger charge is -2.38. The number of carbonyl (C=O) groups is 2. The highest BCUT2D eigenvalue weighted by Crippen LogP contribution is 2.11. The van der Waals surface area contributed by atoms with Crippen molar-refractivity contribution in [2.24, 2.45) is 0 Å². The third-order valence-electron chi connectivity index (χ3n) is 6.53. The minimum Gasteiger partial charge on any atom is -0.340 e. The van der Waals surface area contributed by atoms with Gasteiger partial charge in [0, 0.05) is 58.9 Å². The molecule has 0 radical (unpaired) electrons. The summed E-state index contributed by atoms with van der Waals surface area (Å²) in [5, 5.41) is 0. The SMILES string of the molecule is Cc1ccc(CC(=O)N2CCN(CC(=O)N3CCN(Cc4ccccc4)CC3)CC2)cc1. The molecule has 170 valence electrons. The van der Waals surface area contributed by atoms with E-state index in [1.807, 2.05) is 40.1 Å². The van der Waals surface area contributed by atoms with E-state index in [9.17, 15) is 9.59 Å². The number of rotatable bonds is 6. The number of benzene rings is 2. The quantitative estimate of drug-likeness (QED) is 0.698. The van der Waals surface area contributed by atoms with Crippen molar-refractivity contribution in [3.8, 4) is 0 Å². The van der Waals surface area contributed by atoms with E-state index in [0.717, 1.165) is 51.4 Å². The standard InChI is InChI=1S/C26H34N4O2/c1-22-7-9-23(10-8-22)19-25(31)29-15-13-28(14-16-29)21-26(32)30-17-11-27(12-18-30)20-24-5-3-2-4-6-24/h2-10H,11-21H2,1H3. The van der Waals surface area contributed by atoms with Crippen LogP contribution in [0, 0.1) is 6.92 Å². The van der Waals surface area contributed by atoms with Crippen molar-refractivity contribution in [2.75, 3.05) is 58.9 Å². The predicted molar refractivity (Wildman–Crippen MR) is 126 cm³/mol. The molecule has 0 atom stereocenters. The van der Waals surface area contributed by atoms with Gasteiger partial charge in [0.2, 0.25) is 11.8 Å². The zero-order chi connectivity index (χ0) is 22.3. The van der Waals surface area contributed by atoms with Crippen LogP contribution in [-0.4, -0.2) is 90.3 Å². The van der Waals surface area contributed by atoms with Gasteiger partial charge in [0.1, 0.15) is 0 Å². The van der Waals surface area contributed by atoms with Crippen molar-refractivity contribution in [2.45, 2.75) is 19.9 Å². The molecular formula is C26H34N4O2. The molecule has 2 heterocycles. The summed E-state index contributed by atoms with van der Waals surface area (Å²) in [4.78, 5) is 34.0. The van der Waals surface area contributed by atoms with Crippen molar-refractivity contribution in [3.63, 3.8) is 0 Å². The molecule has 2 saturated heterocycles. The van der Waals surface area contributed by atoms with Crippen LogP contribution in [0.3, 0.4) is 0 Å². The highest BCUT2D eigenvalue weighted by molar-refractivity contribution is 5.79. The van der Waals surface area contributed by atoms with Crippen LogP contribution in [0.2, 0.25) is 0 Å². The Labute approximate surface area is 191 Å². The fourth-order valence-corrected chi connectivity index (χ4v) is 4.44. The first-order valence-electron chi connectivity index (χ1n) is 11.7. The van der Waals surface area contributed by atoms with Gasteiger partial charge in [-0.15, -0.1) is 0 Å². The van der Waals surface area contributed by atoms with Crippen LogP contribution >= 0.6 is 0 Å². The van der Waals surface area contributed by atoms with Crippen molar-refractivity contribution in [3.05, 3.63) is 71.3 Å². The van der Waals surface area contributed by atoms with Crippen LogP contribution in [0.15, 0.2) is 54.6 Å². The minimum absolute atomic E-state index is 0.175. The van der Waals surface area contributed by atoms with Gasteiger partial charge in [0.05, 0.1) is 13.0 Å². The molecule has 2 amide bonds. The molecule has 0 aliphatic carbocycles. The van der Waals surface area contributed by atoms with Crippen molar-refractivity contribution >= 4 is 11.8 Å². The fourth-order valence-electron chi connectivity index (χ4n) is 4.44. The summed E-state index contributed by atoms with van der Waals surface area (Å²) in [6, 6.07) is 18.7. The normalized spacial score (nSPS) is 18.0. The Bertz CT molecular complexity index is 884. The summed E-state index contributed by atoms with van der Waals surface area (Å²) in [6.45, 7) is 9.80. The monoisotopic (exact) mass is 434 g/mol. The van der Waals surface area contributed by atoms with Gasteiger partial charge in [-0.25, -0.2) is 0 Å². The first-order chi connectivity index (χ1) is 15.6. The number of carbonyl (C=O) groups excluding carboxylic acids is 2. The summed E-state index contributed by atoms with van der Waals surface area (Å²) < 4.78 is 0. The predicted octanol–water partition coefficient (Wildman–Crippen LogP) is 2.03. The number of aryl methyl sites for hydroxylation is 1. The number of nitrogens with zero attached hydrogens (tertiary/aromatic N) is 4. The number of hydrogen-bond donors (Lipinski definition) is 0. The third kappa shape index (κ3) is 6.17. The lowest BCUT2D eigenvalue weighted by Crippen LogP contribution is -2.54. The van der Waals surface area contributed by atoms with Crippen LogP contribution in [0.4, 0.5) is 0 Å². The zero-order valence-electron chi connectivity index (χ0n) is 19.1. The van der Waals surface area contributed by atoms with E-state index in [1.165, 1.54) is 11.1 Å². The first kappa shape index (κ1) is 22.5. The highest BCUT2D eigenvalue weighted by atomic mass is 16.2. The van der Waals surface area contributed by atoms with Gasteiger partial charge in [-0.1, -0.05) is 60.2 Å². The molecule has 0 bridgehead atoms. The molecule has 2 aliphatic heterocycles. The van der Waals surface area contributed by atoms with Gasteiger partial charge in [0.15, 0.2) is 0 Å². The second-order valence-corrected chi connectivity index (χ2v) is 8.96. The number of amides is 2. The Morgan fingerprint density at radius 1 is 0.656 bits per heavy atom. The Kier molecular flexibility index (Phi) is 7.55. The molecule has 4 rings (SSSR count). The summed E-state index contributed by atoms with van der Waals surface area (Å²) in [6.07, 6.45) is 0.451. The van der Waals surface area contributed by atoms with Gasteiger partial charge in [-0.05, 0) is 18.1 Å². The number of hydrogen-bond acceptors (Lipinski definition) is 4. The van der Waals surface area contributed by atoms with E-state index in [-0.39, 0.29) is 11.8 Å². The molecule has 2 aromatic carbocycles. The van der Waals surface area contributed by atoms with E-state index in [2.05, 4.69) is 41.0 Å². The van der Waals surface area contributed by atoms with Crippen LogP contribution in [0.1, 0.15) is 16.7 Å². The zero-order valence-corrected chi connectivity index (χ0v) is 19.1. The summed E-state index contributed by atoms with van der Waals surface area (Å²) >= 11 is 0. The molecule has 2 aliphatic rings. The van der Waals surface area contributed by atoms with Crippen molar-refractivity contribution in [1.29, 1.82) is 0 Å². The smallest absolute Gasteiger partial charge is 0.236 e. The average Bonchev–Trinajstić information content (AvgIpc) is 2.82. The number of piperazine rings is 2. The van der Waals surface area contributed by atoms with E-state index in [1.54, 1.807) is 0 Å². The Morgan fingerprint density at radius 2 is 1.22 bits per heavy atom. The average molecular weight is 435 g/mol.